The van der Waals surface area contributed by atoms with Gasteiger partial charge in [-0.1, -0.05) is 18.6 Å². The summed E-state index contributed by atoms with van der Waals surface area (Å²) in [4.78, 5) is 26.9. The second kappa shape index (κ2) is 7.55. The molecule has 0 radical (unpaired) electrons. The third kappa shape index (κ3) is 3.56. The molecule has 0 unspecified atom stereocenters. The molecule has 2 heterocycles. The Labute approximate surface area is 174 Å². The molecular weight excluding hydrogens is 384 g/mol. The van der Waals surface area contributed by atoms with Crippen LogP contribution in [0.15, 0.2) is 42.5 Å². The molecule has 0 bridgehead atoms. The number of rotatable bonds is 3. The number of anilines is 1. The number of hydrogen-bond acceptors (Lipinski definition) is 5. The average Bonchev–Trinajstić information content (AvgIpc) is 3.01. The predicted octanol–water partition coefficient (Wildman–Crippen LogP) is 3.59. The second-order valence-electron chi connectivity index (χ2n) is 7.96. The number of nitrogens with zero attached hydrogens (tertiary/aromatic N) is 1. The van der Waals surface area contributed by atoms with Crippen molar-refractivity contribution in [2.24, 2.45) is 0 Å². The van der Waals surface area contributed by atoms with Crippen molar-refractivity contribution in [2.45, 2.75) is 37.9 Å². The molecule has 7 heteroatoms. The van der Waals surface area contributed by atoms with Crippen LogP contribution in [0.1, 0.15) is 42.5 Å². The van der Waals surface area contributed by atoms with Crippen LogP contribution in [-0.2, 0) is 4.79 Å². The van der Waals surface area contributed by atoms with E-state index < -0.39 is 5.79 Å². The first-order chi connectivity index (χ1) is 14.6. The Bertz CT molecular complexity index is 983. The minimum atomic E-state index is -0.547. The first kappa shape index (κ1) is 18.8. The molecule has 30 heavy (non-hydrogen) atoms. The number of hydrogen-bond donors (Lipinski definition) is 1. The van der Waals surface area contributed by atoms with Gasteiger partial charge in [0.25, 0.3) is 11.7 Å². The molecule has 2 aromatic carbocycles. The molecule has 3 aliphatic rings. The Morgan fingerprint density at radius 1 is 1.00 bits per heavy atom. The van der Waals surface area contributed by atoms with Gasteiger partial charge in [-0.05, 0) is 37.1 Å². The van der Waals surface area contributed by atoms with Crippen LogP contribution in [0.3, 0.4) is 0 Å². The van der Waals surface area contributed by atoms with Crippen molar-refractivity contribution in [2.75, 3.05) is 25.0 Å². The largest absolute Gasteiger partial charge is 0.491 e. The molecule has 2 amide bonds. The van der Waals surface area contributed by atoms with Gasteiger partial charge in [0.1, 0.15) is 18.9 Å². The second-order valence-corrected chi connectivity index (χ2v) is 7.96. The summed E-state index contributed by atoms with van der Waals surface area (Å²) in [5.41, 5.74) is 1.10. The maximum absolute atomic E-state index is 12.8. The van der Waals surface area contributed by atoms with E-state index in [2.05, 4.69) is 5.32 Å². The van der Waals surface area contributed by atoms with Crippen molar-refractivity contribution in [3.63, 3.8) is 0 Å². The van der Waals surface area contributed by atoms with E-state index in [-0.39, 0.29) is 18.4 Å². The first-order valence-corrected chi connectivity index (χ1v) is 10.4. The number of amides is 2. The number of fused-ring (bicyclic) bond motifs is 2. The number of para-hydroxylation sites is 1. The van der Waals surface area contributed by atoms with E-state index in [9.17, 15) is 9.59 Å². The molecule has 1 spiro atoms. The smallest absolute Gasteiger partial charge is 0.258 e. The average molecular weight is 408 g/mol. The van der Waals surface area contributed by atoms with Crippen LogP contribution in [0.25, 0.3) is 0 Å². The monoisotopic (exact) mass is 408 g/mol. The van der Waals surface area contributed by atoms with E-state index in [0.29, 0.717) is 41.7 Å². The minimum absolute atomic E-state index is 0.0467. The van der Waals surface area contributed by atoms with E-state index in [1.807, 2.05) is 12.1 Å². The summed E-state index contributed by atoms with van der Waals surface area (Å²) in [6.07, 6.45) is 5.15. The number of benzene rings is 2. The van der Waals surface area contributed by atoms with Crippen molar-refractivity contribution in [3.05, 3.63) is 48.0 Å². The Hall–Kier alpha value is -3.22. The molecule has 0 atom stereocenters. The number of carbonyl (C=O) groups excluding carboxylic acids is 2. The third-order valence-corrected chi connectivity index (χ3v) is 5.79. The highest BCUT2D eigenvalue weighted by molar-refractivity contribution is 6.01. The lowest BCUT2D eigenvalue weighted by Gasteiger charge is -2.31. The molecule has 0 saturated heterocycles. The highest BCUT2D eigenvalue weighted by Crippen LogP contribution is 2.46. The summed E-state index contributed by atoms with van der Waals surface area (Å²) in [7, 11) is 0. The molecule has 1 fully saturated rings. The lowest BCUT2D eigenvalue weighted by molar-refractivity contribution is -0.116. The van der Waals surface area contributed by atoms with Gasteiger partial charge >= 0.3 is 0 Å². The van der Waals surface area contributed by atoms with Gasteiger partial charge in [0, 0.05) is 24.6 Å². The molecule has 156 valence electrons. The minimum Gasteiger partial charge on any atom is -0.491 e. The van der Waals surface area contributed by atoms with Gasteiger partial charge in [0.2, 0.25) is 5.91 Å². The topological polar surface area (TPSA) is 77.1 Å². The molecule has 7 nitrogen and oxygen atoms in total. The molecule has 2 aliphatic heterocycles. The van der Waals surface area contributed by atoms with Gasteiger partial charge in [-0.2, -0.15) is 0 Å². The zero-order valence-electron chi connectivity index (χ0n) is 16.7. The predicted molar refractivity (Wildman–Crippen MR) is 110 cm³/mol. The zero-order chi connectivity index (χ0) is 20.6. The number of carbonyl (C=O) groups is 2. The van der Waals surface area contributed by atoms with Crippen LogP contribution < -0.4 is 19.5 Å². The van der Waals surface area contributed by atoms with Crippen LogP contribution in [0.4, 0.5) is 5.69 Å². The van der Waals surface area contributed by atoms with Crippen molar-refractivity contribution < 1.29 is 23.8 Å². The summed E-state index contributed by atoms with van der Waals surface area (Å²) in [6, 6.07) is 12.5. The fraction of sp³-hybridized carbons (Fsp3) is 0.391. The maximum atomic E-state index is 12.8. The van der Waals surface area contributed by atoms with E-state index >= 15 is 0 Å². The van der Waals surface area contributed by atoms with E-state index in [0.717, 1.165) is 25.7 Å². The van der Waals surface area contributed by atoms with Crippen LogP contribution in [0, 0.1) is 0 Å². The molecule has 1 aliphatic carbocycles. The standard InChI is InChI=1S/C23H24N2O5/c26-21(15-25-12-13-28-18-7-3-2-6-17(18)22(25)27)24-16-8-9-19-20(14-16)30-23(29-19)10-4-1-5-11-23/h2-3,6-9,14H,1,4-5,10-13,15H2,(H,24,26). The molecule has 2 aromatic rings. The highest BCUT2D eigenvalue weighted by atomic mass is 16.7. The summed E-state index contributed by atoms with van der Waals surface area (Å²) >= 11 is 0. The van der Waals surface area contributed by atoms with Crippen LogP contribution in [0.5, 0.6) is 17.2 Å². The Morgan fingerprint density at radius 2 is 1.80 bits per heavy atom. The Kier molecular flexibility index (Phi) is 4.73. The molecule has 1 N–H and O–H groups in total. The quantitative estimate of drug-likeness (QED) is 0.840. The van der Waals surface area contributed by atoms with Crippen LogP contribution >= 0.6 is 0 Å². The molecule has 5 rings (SSSR count). The Morgan fingerprint density at radius 3 is 2.67 bits per heavy atom. The van der Waals surface area contributed by atoms with Gasteiger partial charge in [-0.3, -0.25) is 9.59 Å². The SMILES string of the molecule is O=C(CN1CCOc2ccccc2C1=O)Nc1ccc2c(c1)OC1(CCCCC1)O2. The molecule has 0 aromatic heterocycles. The van der Waals surface area contributed by atoms with Crippen molar-refractivity contribution in [1.29, 1.82) is 0 Å². The van der Waals surface area contributed by atoms with Gasteiger partial charge in [0.15, 0.2) is 11.5 Å². The summed E-state index contributed by atoms with van der Waals surface area (Å²) in [5.74, 6) is 0.902. The van der Waals surface area contributed by atoms with Crippen molar-refractivity contribution >= 4 is 17.5 Å². The van der Waals surface area contributed by atoms with Crippen LogP contribution in [0.2, 0.25) is 0 Å². The summed E-state index contributed by atoms with van der Waals surface area (Å²) in [6.45, 7) is 0.654. The van der Waals surface area contributed by atoms with Crippen LogP contribution in [-0.4, -0.2) is 42.2 Å². The maximum Gasteiger partial charge on any atom is 0.258 e. The van der Waals surface area contributed by atoms with E-state index in [4.69, 9.17) is 14.2 Å². The molecule has 1 saturated carbocycles. The lowest BCUT2D eigenvalue weighted by Crippen LogP contribution is -2.40. The number of nitrogens with one attached hydrogen (secondary N) is 1. The third-order valence-electron chi connectivity index (χ3n) is 5.79. The molecular formula is C23H24N2O5. The lowest BCUT2D eigenvalue weighted by atomic mass is 9.94. The fourth-order valence-electron chi connectivity index (χ4n) is 4.30. The van der Waals surface area contributed by atoms with Crippen molar-refractivity contribution in [3.8, 4) is 17.2 Å². The Balaban J connectivity index is 1.25. The summed E-state index contributed by atoms with van der Waals surface area (Å²) in [5, 5.41) is 2.87. The van der Waals surface area contributed by atoms with Gasteiger partial charge in [-0.15, -0.1) is 0 Å². The van der Waals surface area contributed by atoms with E-state index in [1.165, 1.54) is 11.3 Å². The normalized spacial score (nSPS) is 19.1. The first-order valence-electron chi connectivity index (χ1n) is 10.4. The summed E-state index contributed by atoms with van der Waals surface area (Å²) < 4.78 is 17.8. The van der Waals surface area contributed by atoms with Gasteiger partial charge in [0.05, 0.1) is 12.1 Å². The van der Waals surface area contributed by atoms with E-state index in [1.54, 1.807) is 30.3 Å². The number of ether oxygens (including phenoxy) is 3. The van der Waals surface area contributed by atoms with Crippen molar-refractivity contribution in [1.82, 2.24) is 4.90 Å². The highest BCUT2D eigenvalue weighted by Gasteiger charge is 2.42. The van der Waals surface area contributed by atoms with Gasteiger partial charge < -0.3 is 24.4 Å². The fourth-order valence-corrected chi connectivity index (χ4v) is 4.30. The zero-order valence-corrected chi connectivity index (χ0v) is 16.7. The van der Waals surface area contributed by atoms with Gasteiger partial charge in [-0.25, -0.2) is 0 Å².